The largest absolute Gasteiger partial charge is 0.463 e. The molecule has 0 N–H and O–H groups in total. The van der Waals surface area contributed by atoms with Gasteiger partial charge in [0, 0.05) is 12.5 Å². The maximum Gasteiger partial charge on any atom is 0.330 e. The van der Waals surface area contributed by atoms with Gasteiger partial charge in [0.1, 0.15) is 5.75 Å². The highest BCUT2D eigenvalue weighted by Crippen LogP contribution is 2.29. The molecule has 4 heteroatoms. The lowest BCUT2D eigenvalue weighted by molar-refractivity contribution is -0.138. The van der Waals surface area contributed by atoms with Crippen molar-refractivity contribution in [3.8, 4) is 5.75 Å². The molecule has 0 saturated heterocycles. The summed E-state index contributed by atoms with van der Waals surface area (Å²) < 4.78 is 10.3. The van der Waals surface area contributed by atoms with Crippen molar-refractivity contribution in [2.75, 3.05) is 6.61 Å². The molecule has 3 aromatic carbocycles. The summed E-state index contributed by atoms with van der Waals surface area (Å²) in [7, 11) is 0. The summed E-state index contributed by atoms with van der Waals surface area (Å²) in [5.74, 6) is -0.0538. The van der Waals surface area contributed by atoms with E-state index in [1.807, 2.05) is 24.3 Å². The van der Waals surface area contributed by atoms with Crippen LogP contribution in [0, 0.1) is 0 Å². The van der Waals surface area contributed by atoms with Gasteiger partial charge in [-0.1, -0.05) is 49.9 Å². The van der Waals surface area contributed by atoms with Gasteiger partial charge in [0.2, 0.25) is 0 Å². The smallest absolute Gasteiger partial charge is 0.330 e. The van der Waals surface area contributed by atoms with E-state index in [2.05, 4.69) is 30.8 Å². The number of rotatable bonds is 7. The third-order valence-electron chi connectivity index (χ3n) is 4.41. The van der Waals surface area contributed by atoms with Gasteiger partial charge in [0.15, 0.2) is 0 Å². The van der Waals surface area contributed by atoms with Crippen LogP contribution in [0.3, 0.4) is 0 Å². The molecule has 0 aliphatic heterocycles. The first kappa shape index (κ1) is 18.6. The summed E-state index contributed by atoms with van der Waals surface area (Å²) in [4.78, 5) is 22.5. The van der Waals surface area contributed by atoms with E-state index in [0.717, 1.165) is 34.4 Å². The number of carbonyl (C=O) groups excluding carboxylic acids is 2. The fourth-order valence-electron chi connectivity index (χ4n) is 3.03. The van der Waals surface area contributed by atoms with Gasteiger partial charge >= 0.3 is 11.9 Å². The van der Waals surface area contributed by atoms with Gasteiger partial charge < -0.3 is 9.47 Å². The van der Waals surface area contributed by atoms with E-state index in [1.165, 1.54) is 11.6 Å². The number of hydrogen-bond donors (Lipinski definition) is 0. The van der Waals surface area contributed by atoms with Crippen molar-refractivity contribution in [3.05, 3.63) is 66.7 Å². The Balaban J connectivity index is 1.78. The fraction of sp³-hybridized carbons (Fsp3) is 0.217. The summed E-state index contributed by atoms with van der Waals surface area (Å²) in [6.07, 6.45) is 3.14. The van der Waals surface area contributed by atoms with Crippen LogP contribution < -0.4 is 4.74 Å². The summed E-state index contributed by atoms with van der Waals surface area (Å²) in [5.41, 5.74) is 1.20. The van der Waals surface area contributed by atoms with Crippen LogP contribution in [0.2, 0.25) is 0 Å². The third-order valence-corrected chi connectivity index (χ3v) is 4.41. The molecule has 0 amide bonds. The van der Waals surface area contributed by atoms with Gasteiger partial charge in [0.05, 0.1) is 6.61 Å². The third kappa shape index (κ3) is 4.53. The first-order valence-electron chi connectivity index (χ1n) is 9.06. The number of esters is 2. The number of fused-ring (bicyclic) bond motifs is 3. The van der Waals surface area contributed by atoms with Crippen LogP contribution in [-0.4, -0.2) is 18.5 Å². The number of carbonyl (C=O) groups is 2. The van der Waals surface area contributed by atoms with Gasteiger partial charge in [-0.25, -0.2) is 4.79 Å². The molecular formula is C23H22O4. The number of benzene rings is 3. The molecule has 0 aromatic heterocycles. The second-order valence-electron chi connectivity index (χ2n) is 6.31. The van der Waals surface area contributed by atoms with Crippen LogP contribution in [-0.2, 0) is 20.7 Å². The molecule has 3 rings (SSSR count). The fourth-order valence-corrected chi connectivity index (χ4v) is 3.03. The Morgan fingerprint density at radius 3 is 2.41 bits per heavy atom. The van der Waals surface area contributed by atoms with Crippen LogP contribution in [0.1, 0.15) is 25.3 Å². The lowest BCUT2D eigenvalue weighted by atomic mass is 9.98. The molecule has 0 heterocycles. The second kappa shape index (κ2) is 8.49. The van der Waals surface area contributed by atoms with Crippen molar-refractivity contribution < 1.29 is 19.1 Å². The minimum Gasteiger partial charge on any atom is -0.463 e. The van der Waals surface area contributed by atoms with Crippen molar-refractivity contribution in [2.45, 2.75) is 26.2 Å². The molecule has 0 aliphatic carbocycles. The van der Waals surface area contributed by atoms with E-state index in [9.17, 15) is 9.59 Å². The molecule has 0 bridgehead atoms. The molecule has 0 saturated carbocycles. The van der Waals surface area contributed by atoms with Gasteiger partial charge in [0.25, 0.3) is 0 Å². The predicted octanol–water partition coefficient (Wildman–Crippen LogP) is 4.97. The van der Waals surface area contributed by atoms with E-state index in [4.69, 9.17) is 9.47 Å². The van der Waals surface area contributed by atoms with Crippen molar-refractivity contribution in [1.82, 2.24) is 0 Å². The van der Waals surface area contributed by atoms with E-state index in [0.29, 0.717) is 18.8 Å². The topological polar surface area (TPSA) is 52.6 Å². The Kier molecular flexibility index (Phi) is 5.87. The van der Waals surface area contributed by atoms with Crippen LogP contribution in [0.4, 0.5) is 0 Å². The summed E-state index contributed by atoms with van der Waals surface area (Å²) in [6.45, 7) is 5.55. The van der Waals surface area contributed by atoms with Crippen LogP contribution in [0.15, 0.2) is 61.2 Å². The Bertz CT molecular complexity index is 1000. The Labute approximate surface area is 158 Å². The average molecular weight is 362 g/mol. The van der Waals surface area contributed by atoms with E-state index in [-0.39, 0.29) is 11.9 Å². The SMILES string of the molecule is C=CC(=O)OCCCc1ccc2c(ccc3cc(OC(=O)CC)ccc32)c1. The molecular weight excluding hydrogens is 340 g/mol. The zero-order valence-corrected chi connectivity index (χ0v) is 15.4. The molecule has 138 valence electrons. The average Bonchev–Trinajstić information content (AvgIpc) is 2.70. The maximum absolute atomic E-state index is 11.5. The number of aryl methyl sites for hydroxylation is 1. The van der Waals surface area contributed by atoms with Crippen molar-refractivity contribution in [3.63, 3.8) is 0 Å². The normalized spacial score (nSPS) is 10.7. The first-order valence-corrected chi connectivity index (χ1v) is 9.06. The summed E-state index contributed by atoms with van der Waals surface area (Å²) >= 11 is 0. The molecule has 0 spiro atoms. The van der Waals surface area contributed by atoms with Crippen LogP contribution in [0.25, 0.3) is 21.5 Å². The maximum atomic E-state index is 11.5. The quantitative estimate of drug-likeness (QED) is 0.196. The molecule has 0 fully saturated rings. The highest BCUT2D eigenvalue weighted by molar-refractivity contribution is 6.08. The van der Waals surface area contributed by atoms with Crippen molar-refractivity contribution >= 4 is 33.5 Å². The molecule has 0 aliphatic rings. The highest BCUT2D eigenvalue weighted by Gasteiger charge is 2.06. The van der Waals surface area contributed by atoms with Crippen molar-refractivity contribution in [1.29, 1.82) is 0 Å². The number of hydrogen-bond acceptors (Lipinski definition) is 4. The molecule has 0 radical (unpaired) electrons. The molecule has 0 unspecified atom stereocenters. The van der Waals surface area contributed by atoms with Crippen molar-refractivity contribution in [2.24, 2.45) is 0 Å². The lowest BCUT2D eigenvalue weighted by Gasteiger charge is -2.09. The Morgan fingerprint density at radius 2 is 1.70 bits per heavy atom. The van der Waals surface area contributed by atoms with Gasteiger partial charge in [-0.05, 0) is 52.1 Å². The minimum atomic E-state index is -0.385. The van der Waals surface area contributed by atoms with Gasteiger partial charge in [-0.3, -0.25) is 4.79 Å². The number of ether oxygens (including phenoxy) is 2. The van der Waals surface area contributed by atoms with E-state index >= 15 is 0 Å². The summed E-state index contributed by atoms with van der Waals surface area (Å²) in [5, 5.41) is 4.47. The minimum absolute atomic E-state index is 0.237. The molecule has 0 atom stereocenters. The standard InChI is InChI=1S/C23H22O4/c1-3-22(24)26-13-5-6-16-7-11-20-17(14-16)8-9-18-15-19(10-12-21(18)20)27-23(25)4-2/h3,7-12,14-15H,1,4-6,13H2,2H3. The van der Waals surface area contributed by atoms with Crippen LogP contribution >= 0.6 is 0 Å². The Hall–Kier alpha value is -3.14. The van der Waals surface area contributed by atoms with Gasteiger partial charge in [-0.2, -0.15) is 0 Å². The first-order chi connectivity index (χ1) is 13.1. The van der Waals surface area contributed by atoms with Crippen LogP contribution in [0.5, 0.6) is 5.75 Å². The molecule has 27 heavy (non-hydrogen) atoms. The van der Waals surface area contributed by atoms with E-state index < -0.39 is 0 Å². The summed E-state index contributed by atoms with van der Waals surface area (Å²) in [6, 6.07) is 16.2. The van der Waals surface area contributed by atoms with E-state index in [1.54, 1.807) is 6.92 Å². The van der Waals surface area contributed by atoms with Gasteiger partial charge in [-0.15, -0.1) is 0 Å². The Morgan fingerprint density at radius 1 is 1.00 bits per heavy atom. The predicted molar refractivity (Wildman–Crippen MR) is 107 cm³/mol. The second-order valence-corrected chi connectivity index (χ2v) is 6.31. The zero-order valence-electron chi connectivity index (χ0n) is 15.4. The highest BCUT2D eigenvalue weighted by atomic mass is 16.5. The monoisotopic (exact) mass is 362 g/mol. The lowest BCUT2D eigenvalue weighted by Crippen LogP contribution is -2.05. The molecule has 4 nitrogen and oxygen atoms in total. The zero-order chi connectivity index (χ0) is 19.2. The molecule has 3 aromatic rings.